The maximum atomic E-state index is 12.6. The number of hydrogen-bond acceptors (Lipinski definition) is 3. The molecule has 0 saturated heterocycles. The maximum absolute atomic E-state index is 12.6. The Hall–Kier alpha value is -1.86. The minimum atomic E-state index is -0.406. The lowest BCUT2D eigenvalue weighted by Crippen LogP contribution is -2.12. The zero-order valence-corrected chi connectivity index (χ0v) is 9.53. The van der Waals surface area contributed by atoms with Crippen LogP contribution in [0.1, 0.15) is 12.5 Å². The number of carbonyl (C=O) groups is 1. The molecule has 0 heterocycles. The fourth-order valence-electron chi connectivity index (χ4n) is 1.06. The number of esters is 1. The van der Waals surface area contributed by atoms with Crippen LogP contribution < -0.4 is 0 Å². The lowest BCUT2D eigenvalue weighted by molar-refractivity contribution is -0.147. The number of carbonyl (C=O) groups excluding carboxylic acids is 1. The molecule has 3 nitrogen and oxygen atoms in total. The summed E-state index contributed by atoms with van der Waals surface area (Å²) in [4.78, 5) is 10.9. The van der Waals surface area contributed by atoms with E-state index in [1.54, 1.807) is 19.1 Å². The van der Waals surface area contributed by atoms with Gasteiger partial charge < -0.3 is 9.47 Å². The van der Waals surface area contributed by atoms with Crippen LogP contribution in [-0.4, -0.2) is 25.8 Å². The van der Waals surface area contributed by atoms with Gasteiger partial charge in [-0.3, -0.25) is 0 Å². The number of benzene rings is 1. The van der Waals surface area contributed by atoms with E-state index in [1.807, 2.05) is 0 Å². The second kappa shape index (κ2) is 7.42. The van der Waals surface area contributed by atoms with E-state index < -0.39 is 5.97 Å². The summed E-state index contributed by atoms with van der Waals surface area (Å²) in [6.45, 7) is 2.10. The molecule has 90 valence electrons. The van der Waals surface area contributed by atoms with Crippen molar-refractivity contribution >= 4 is 5.97 Å². The van der Waals surface area contributed by atoms with Crippen LogP contribution in [0.2, 0.25) is 0 Å². The molecule has 0 fully saturated rings. The van der Waals surface area contributed by atoms with Crippen LogP contribution in [0.25, 0.3) is 0 Å². The summed E-state index contributed by atoms with van der Waals surface area (Å²) in [5, 5.41) is 0. The standard InChI is InChI=1S/C13H13FO3/c1-2-17-13(15)10-16-9-3-4-11-5-7-12(14)8-6-11/h5-8H,2,9-10H2,1H3. The van der Waals surface area contributed by atoms with E-state index in [0.717, 1.165) is 0 Å². The molecule has 0 N–H and O–H groups in total. The molecular formula is C13H13FO3. The lowest BCUT2D eigenvalue weighted by Gasteiger charge is -1.99. The second-order valence-corrected chi connectivity index (χ2v) is 3.11. The summed E-state index contributed by atoms with van der Waals surface area (Å²) in [5.41, 5.74) is 0.700. The van der Waals surface area contributed by atoms with Crippen LogP contribution >= 0.6 is 0 Å². The van der Waals surface area contributed by atoms with E-state index in [9.17, 15) is 9.18 Å². The molecular weight excluding hydrogens is 223 g/mol. The molecule has 0 bridgehead atoms. The third kappa shape index (κ3) is 5.69. The van der Waals surface area contributed by atoms with Crippen molar-refractivity contribution in [2.45, 2.75) is 6.92 Å². The smallest absolute Gasteiger partial charge is 0.332 e. The highest BCUT2D eigenvalue weighted by Crippen LogP contribution is 2.00. The molecule has 1 rings (SSSR count). The fourth-order valence-corrected chi connectivity index (χ4v) is 1.06. The molecule has 17 heavy (non-hydrogen) atoms. The average Bonchev–Trinajstić information content (AvgIpc) is 2.31. The predicted octanol–water partition coefficient (Wildman–Crippen LogP) is 1.76. The van der Waals surface area contributed by atoms with Crippen LogP contribution in [0.5, 0.6) is 0 Å². The lowest BCUT2D eigenvalue weighted by atomic mass is 10.2. The highest BCUT2D eigenvalue weighted by atomic mass is 19.1. The highest BCUT2D eigenvalue weighted by molar-refractivity contribution is 5.70. The molecule has 0 aliphatic rings. The SMILES string of the molecule is CCOC(=O)COCC#Cc1ccc(F)cc1. The second-order valence-electron chi connectivity index (χ2n) is 3.11. The van der Waals surface area contributed by atoms with Crippen molar-refractivity contribution in [2.75, 3.05) is 19.8 Å². The Bertz CT molecular complexity index is 415. The Morgan fingerprint density at radius 1 is 1.35 bits per heavy atom. The molecule has 0 aliphatic carbocycles. The van der Waals surface area contributed by atoms with E-state index in [1.165, 1.54) is 12.1 Å². The summed E-state index contributed by atoms with van der Waals surface area (Å²) in [7, 11) is 0. The normalized spacial score (nSPS) is 9.29. The fraction of sp³-hybridized carbons (Fsp3) is 0.308. The van der Waals surface area contributed by atoms with Gasteiger partial charge in [-0.05, 0) is 31.2 Å². The van der Waals surface area contributed by atoms with Gasteiger partial charge in [-0.25, -0.2) is 9.18 Å². The first-order valence-electron chi connectivity index (χ1n) is 5.20. The van der Waals surface area contributed by atoms with Gasteiger partial charge in [-0.15, -0.1) is 0 Å². The van der Waals surface area contributed by atoms with E-state index >= 15 is 0 Å². The quantitative estimate of drug-likeness (QED) is 0.454. The largest absolute Gasteiger partial charge is 0.464 e. The minimum absolute atomic E-state index is 0.105. The van der Waals surface area contributed by atoms with Gasteiger partial charge in [0.1, 0.15) is 19.0 Å². The third-order valence-electron chi connectivity index (χ3n) is 1.78. The third-order valence-corrected chi connectivity index (χ3v) is 1.78. The number of rotatable bonds is 4. The number of hydrogen-bond donors (Lipinski definition) is 0. The number of ether oxygens (including phenoxy) is 2. The predicted molar refractivity (Wildman–Crippen MR) is 60.7 cm³/mol. The van der Waals surface area contributed by atoms with Gasteiger partial charge in [0.25, 0.3) is 0 Å². The summed E-state index contributed by atoms with van der Waals surface area (Å²) >= 11 is 0. The first-order valence-corrected chi connectivity index (χ1v) is 5.20. The van der Waals surface area contributed by atoms with Gasteiger partial charge in [0.05, 0.1) is 6.61 Å². The molecule has 0 atom stereocenters. The van der Waals surface area contributed by atoms with Gasteiger partial charge in [-0.1, -0.05) is 11.8 Å². The highest BCUT2D eigenvalue weighted by Gasteiger charge is 1.98. The molecule has 0 spiro atoms. The molecule has 0 saturated carbocycles. The Labute approximate surface area is 99.5 Å². The van der Waals surface area contributed by atoms with E-state index in [4.69, 9.17) is 4.74 Å². The topological polar surface area (TPSA) is 35.5 Å². The van der Waals surface area contributed by atoms with Crippen molar-refractivity contribution in [3.63, 3.8) is 0 Å². The van der Waals surface area contributed by atoms with Gasteiger partial charge in [-0.2, -0.15) is 0 Å². The van der Waals surface area contributed by atoms with Crippen LogP contribution in [-0.2, 0) is 14.3 Å². The molecule has 0 amide bonds. The summed E-state index contributed by atoms with van der Waals surface area (Å²) in [6.07, 6.45) is 0. The van der Waals surface area contributed by atoms with Crippen molar-refractivity contribution in [1.82, 2.24) is 0 Å². The van der Waals surface area contributed by atoms with Crippen LogP contribution in [0, 0.1) is 17.7 Å². The monoisotopic (exact) mass is 236 g/mol. The molecule has 0 aliphatic heterocycles. The van der Waals surface area contributed by atoms with Crippen LogP contribution in [0.3, 0.4) is 0 Å². The Kier molecular flexibility index (Phi) is 5.76. The van der Waals surface area contributed by atoms with E-state index in [2.05, 4.69) is 16.6 Å². The maximum Gasteiger partial charge on any atom is 0.332 e. The summed E-state index contributed by atoms with van der Waals surface area (Å²) < 4.78 is 22.2. The van der Waals surface area contributed by atoms with Crippen molar-refractivity contribution in [3.05, 3.63) is 35.6 Å². The van der Waals surface area contributed by atoms with Gasteiger partial charge in [0.15, 0.2) is 0 Å². The summed E-state index contributed by atoms with van der Waals surface area (Å²) in [6, 6.07) is 5.83. The average molecular weight is 236 g/mol. The molecule has 4 heteroatoms. The van der Waals surface area contributed by atoms with Crippen molar-refractivity contribution < 1.29 is 18.7 Å². The van der Waals surface area contributed by atoms with E-state index in [0.29, 0.717) is 12.2 Å². The Balaban J connectivity index is 2.27. The molecule has 0 radical (unpaired) electrons. The van der Waals surface area contributed by atoms with Crippen LogP contribution in [0.4, 0.5) is 4.39 Å². The molecule has 0 unspecified atom stereocenters. The van der Waals surface area contributed by atoms with Crippen molar-refractivity contribution in [3.8, 4) is 11.8 Å². The van der Waals surface area contributed by atoms with E-state index in [-0.39, 0.29) is 19.0 Å². The first kappa shape index (κ1) is 13.2. The minimum Gasteiger partial charge on any atom is -0.464 e. The molecule has 1 aromatic rings. The Morgan fingerprint density at radius 3 is 2.71 bits per heavy atom. The van der Waals surface area contributed by atoms with Crippen molar-refractivity contribution in [1.29, 1.82) is 0 Å². The van der Waals surface area contributed by atoms with Gasteiger partial charge >= 0.3 is 5.97 Å². The number of halogens is 1. The Morgan fingerprint density at radius 2 is 2.06 bits per heavy atom. The molecule has 1 aromatic carbocycles. The van der Waals surface area contributed by atoms with Gasteiger partial charge in [0, 0.05) is 5.56 Å². The van der Waals surface area contributed by atoms with Gasteiger partial charge in [0.2, 0.25) is 0 Å². The van der Waals surface area contributed by atoms with Crippen molar-refractivity contribution in [2.24, 2.45) is 0 Å². The zero-order chi connectivity index (χ0) is 12.5. The zero-order valence-electron chi connectivity index (χ0n) is 9.53. The molecule has 0 aromatic heterocycles. The first-order chi connectivity index (χ1) is 8.22. The summed E-state index contributed by atoms with van der Waals surface area (Å²) in [5.74, 6) is 4.80. The van der Waals surface area contributed by atoms with Crippen LogP contribution in [0.15, 0.2) is 24.3 Å².